The number of aromatic nitrogens is 1. The van der Waals surface area contributed by atoms with Crippen LogP contribution >= 0.6 is 11.3 Å². The minimum Gasteiger partial charge on any atom is -0.368 e. The van der Waals surface area contributed by atoms with Gasteiger partial charge in [0.1, 0.15) is 6.04 Å². The van der Waals surface area contributed by atoms with Gasteiger partial charge in [-0.3, -0.25) is 14.8 Å². The number of halogens is 3. The summed E-state index contributed by atoms with van der Waals surface area (Å²) in [7, 11) is -5.55. The number of aryl methyl sites for hydroxylation is 1. The number of nitrogens with two attached hydrogens (primary N) is 1. The molecule has 0 unspecified atom stereocenters. The smallest absolute Gasteiger partial charge is 0.368 e. The Morgan fingerprint density at radius 1 is 1.32 bits per heavy atom. The molecule has 0 bridgehead atoms. The standard InChI is InChI=1S/C17H18F3N5O4S2/c1-9-13(10-4-2-5-11(8-10)24-31(28,29)17(18,19)20)30-15(22-9)23-16(27)25-7-3-6-12(25)14(21)26/h2,4-5,8,12,24H,3,6-7H2,1H3,(H2,21,26)(H,22,23,27)/t12-/m0/s1. The van der Waals surface area contributed by atoms with Crippen LogP contribution in [0.25, 0.3) is 10.4 Å². The maximum Gasteiger partial charge on any atom is 0.516 e. The third-order valence-corrected chi connectivity index (χ3v) is 6.77. The maximum atomic E-state index is 12.6. The Morgan fingerprint density at radius 2 is 2.03 bits per heavy atom. The van der Waals surface area contributed by atoms with E-state index in [1.54, 1.807) is 13.0 Å². The first-order valence-electron chi connectivity index (χ1n) is 8.93. The lowest BCUT2D eigenvalue weighted by Gasteiger charge is -2.21. The number of hydrogen-bond donors (Lipinski definition) is 3. The highest BCUT2D eigenvalue weighted by Gasteiger charge is 2.46. The minimum absolute atomic E-state index is 0.217. The van der Waals surface area contributed by atoms with Crippen LogP contribution in [0.1, 0.15) is 18.5 Å². The normalized spacial score (nSPS) is 16.9. The summed E-state index contributed by atoms with van der Waals surface area (Å²) >= 11 is 1.06. The van der Waals surface area contributed by atoms with Crippen molar-refractivity contribution in [1.82, 2.24) is 9.88 Å². The molecule has 0 aliphatic carbocycles. The van der Waals surface area contributed by atoms with Crippen molar-refractivity contribution in [1.29, 1.82) is 0 Å². The van der Waals surface area contributed by atoms with Crippen LogP contribution in [0.2, 0.25) is 0 Å². The summed E-state index contributed by atoms with van der Waals surface area (Å²) in [6.45, 7) is 2.01. The fourth-order valence-corrected chi connectivity index (χ4v) is 4.63. The van der Waals surface area contributed by atoms with Crippen molar-refractivity contribution in [2.45, 2.75) is 31.3 Å². The molecule has 31 heavy (non-hydrogen) atoms. The lowest BCUT2D eigenvalue weighted by atomic mass is 10.1. The van der Waals surface area contributed by atoms with Crippen LogP contribution in [-0.4, -0.2) is 48.3 Å². The van der Waals surface area contributed by atoms with E-state index >= 15 is 0 Å². The molecule has 168 valence electrons. The number of amides is 3. The summed E-state index contributed by atoms with van der Waals surface area (Å²) in [5.74, 6) is -0.596. The number of urea groups is 1. The van der Waals surface area contributed by atoms with E-state index in [0.29, 0.717) is 35.5 Å². The van der Waals surface area contributed by atoms with E-state index in [-0.39, 0.29) is 10.8 Å². The van der Waals surface area contributed by atoms with Crippen molar-refractivity contribution in [3.8, 4) is 10.4 Å². The molecule has 1 fully saturated rings. The van der Waals surface area contributed by atoms with Gasteiger partial charge in [0.15, 0.2) is 5.13 Å². The molecule has 0 saturated carbocycles. The largest absolute Gasteiger partial charge is 0.516 e. The van der Waals surface area contributed by atoms with Gasteiger partial charge in [0, 0.05) is 12.2 Å². The van der Waals surface area contributed by atoms with E-state index in [1.807, 2.05) is 0 Å². The Balaban J connectivity index is 1.80. The van der Waals surface area contributed by atoms with Crippen LogP contribution in [0.15, 0.2) is 24.3 Å². The average Bonchev–Trinajstić information content (AvgIpc) is 3.27. The molecule has 14 heteroatoms. The van der Waals surface area contributed by atoms with E-state index in [1.165, 1.54) is 27.8 Å². The highest BCUT2D eigenvalue weighted by Crippen LogP contribution is 2.35. The highest BCUT2D eigenvalue weighted by molar-refractivity contribution is 7.93. The van der Waals surface area contributed by atoms with E-state index in [9.17, 15) is 31.2 Å². The number of hydrogen-bond acceptors (Lipinski definition) is 6. The molecule has 0 radical (unpaired) electrons. The summed E-state index contributed by atoms with van der Waals surface area (Å²) in [6.07, 6.45) is 1.12. The number of nitrogens with one attached hydrogen (secondary N) is 2. The summed E-state index contributed by atoms with van der Waals surface area (Å²) in [5, 5.41) is 2.82. The second-order valence-corrected chi connectivity index (χ2v) is 9.42. The van der Waals surface area contributed by atoms with E-state index in [4.69, 9.17) is 5.73 Å². The van der Waals surface area contributed by atoms with Crippen LogP contribution < -0.4 is 15.8 Å². The summed E-state index contributed by atoms with van der Waals surface area (Å²) in [5.41, 5.74) is 0.488. The van der Waals surface area contributed by atoms with Gasteiger partial charge in [-0.15, -0.1) is 0 Å². The number of carbonyl (C=O) groups is 2. The predicted octanol–water partition coefficient (Wildman–Crippen LogP) is 2.86. The van der Waals surface area contributed by atoms with Gasteiger partial charge in [0.2, 0.25) is 5.91 Å². The van der Waals surface area contributed by atoms with E-state index < -0.39 is 33.5 Å². The maximum absolute atomic E-state index is 12.6. The molecular weight excluding hydrogens is 459 g/mol. The number of carbonyl (C=O) groups excluding carboxylic acids is 2. The average molecular weight is 477 g/mol. The Hall–Kier alpha value is -2.87. The zero-order chi connectivity index (χ0) is 23.0. The number of likely N-dealkylation sites (tertiary alicyclic amines) is 1. The van der Waals surface area contributed by atoms with Gasteiger partial charge >= 0.3 is 21.6 Å². The molecule has 2 aromatic rings. The molecule has 1 atom stereocenters. The Kier molecular flexibility index (Phi) is 6.14. The second-order valence-electron chi connectivity index (χ2n) is 6.75. The zero-order valence-corrected chi connectivity index (χ0v) is 17.7. The van der Waals surface area contributed by atoms with Gasteiger partial charge in [-0.05, 0) is 37.5 Å². The second kappa shape index (κ2) is 8.34. The fourth-order valence-electron chi connectivity index (χ4n) is 3.12. The summed E-state index contributed by atoms with van der Waals surface area (Å²) in [4.78, 5) is 30.0. The lowest BCUT2D eigenvalue weighted by molar-refractivity contribution is -0.121. The molecule has 1 aromatic carbocycles. The summed E-state index contributed by atoms with van der Waals surface area (Å²) < 4.78 is 62.0. The Bertz CT molecular complexity index is 1120. The number of anilines is 2. The molecule has 1 saturated heterocycles. The third-order valence-electron chi connectivity index (χ3n) is 4.53. The minimum atomic E-state index is -5.55. The topological polar surface area (TPSA) is 134 Å². The van der Waals surface area contributed by atoms with Crippen molar-refractivity contribution in [3.63, 3.8) is 0 Å². The van der Waals surface area contributed by atoms with Gasteiger partial charge in [0.05, 0.1) is 10.6 Å². The molecule has 1 aromatic heterocycles. The molecular formula is C17H18F3N5O4S2. The highest BCUT2D eigenvalue weighted by atomic mass is 32.2. The van der Waals surface area contributed by atoms with Gasteiger partial charge in [-0.1, -0.05) is 23.5 Å². The molecule has 0 spiro atoms. The first kappa shape index (κ1) is 22.8. The number of sulfonamides is 1. The third kappa shape index (κ3) is 4.90. The number of thiazole rings is 1. The van der Waals surface area contributed by atoms with Crippen molar-refractivity contribution < 1.29 is 31.2 Å². The molecule has 9 nitrogen and oxygen atoms in total. The van der Waals surface area contributed by atoms with Gasteiger partial charge in [-0.25, -0.2) is 9.78 Å². The fraction of sp³-hybridized carbons (Fsp3) is 0.353. The van der Waals surface area contributed by atoms with Crippen LogP contribution in [0.5, 0.6) is 0 Å². The molecule has 1 aliphatic heterocycles. The van der Waals surface area contributed by atoms with Crippen LogP contribution in [0, 0.1) is 6.92 Å². The molecule has 2 heterocycles. The summed E-state index contributed by atoms with van der Waals surface area (Å²) in [6, 6.07) is 4.15. The van der Waals surface area contributed by atoms with Crippen LogP contribution in [-0.2, 0) is 14.8 Å². The molecule has 1 aliphatic rings. The molecule has 3 rings (SSSR count). The van der Waals surface area contributed by atoms with Gasteiger partial charge in [0.25, 0.3) is 0 Å². The monoisotopic (exact) mass is 477 g/mol. The number of primary amides is 1. The number of alkyl halides is 3. The van der Waals surface area contributed by atoms with E-state index in [2.05, 4.69) is 10.3 Å². The first-order chi connectivity index (χ1) is 14.4. The van der Waals surface area contributed by atoms with Gasteiger partial charge < -0.3 is 10.6 Å². The Morgan fingerprint density at radius 3 is 2.68 bits per heavy atom. The predicted molar refractivity (Wildman–Crippen MR) is 109 cm³/mol. The lowest BCUT2D eigenvalue weighted by Crippen LogP contribution is -2.45. The van der Waals surface area contributed by atoms with Crippen molar-refractivity contribution in [2.24, 2.45) is 5.73 Å². The van der Waals surface area contributed by atoms with Crippen LogP contribution in [0.3, 0.4) is 0 Å². The Labute approximate surface area is 179 Å². The molecule has 4 N–H and O–H groups in total. The number of rotatable bonds is 5. The van der Waals surface area contributed by atoms with Crippen LogP contribution in [0.4, 0.5) is 28.8 Å². The number of nitrogens with zero attached hydrogens (tertiary/aromatic N) is 2. The number of benzene rings is 1. The van der Waals surface area contributed by atoms with Crippen molar-refractivity contribution in [3.05, 3.63) is 30.0 Å². The first-order valence-corrected chi connectivity index (χ1v) is 11.2. The van der Waals surface area contributed by atoms with Crippen molar-refractivity contribution in [2.75, 3.05) is 16.6 Å². The molecule has 3 amide bonds. The zero-order valence-electron chi connectivity index (χ0n) is 16.1. The quantitative estimate of drug-likeness (QED) is 0.609. The van der Waals surface area contributed by atoms with Crippen molar-refractivity contribution >= 4 is 44.1 Å². The van der Waals surface area contributed by atoms with Gasteiger partial charge in [-0.2, -0.15) is 21.6 Å². The van der Waals surface area contributed by atoms with E-state index in [0.717, 1.165) is 11.3 Å². The SMILES string of the molecule is Cc1nc(NC(=O)N2CCC[C@H]2C(N)=O)sc1-c1cccc(NS(=O)(=O)C(F)(F)F)c1.